The maximum Gasteiger partial charge on any atom is 0.319 e. The molecule has 0 spiro atoms. The fourth-order valence-electron chi connectivity index (χ4n) is 2.29. The van der Waals surface area contributed by atoms with Crippen molar-refractivity contribution in [1.29, 1.82) is 0 Å². The van der Waals surface area contributed by atoms with Gasteiger partial charge in [0.25, 0.3) is 0 Å². The molecule has 0 aromatic heterocycles. The van der Waals surface area contributed by atoms with E-state index in [0.29, 0.717) is 19.1 Å². The number of halogens is 4. The van der Waals surface area contributed by atoms with Crippen LogP contribution in [0.1, 0.15) is 25.7 Å². The van der Waals surface area contributed by atoms with Gasteiger partial charge in [-0.15, -0.1) is 0 Å². The molecule has 1 aliphatic heterocycles. The Balaban J connectivity index is 1.79. The van der Waals surface area contributed by atoms with Gasteiger partial charge in [-0.25, -0.2) is 8.78 Å². The van der Waals surface area contributed by atoms with Gasteiger partial charge in [-0.2, -0.15) is 8.78 Å². The van der Waals surface area contributed by atoms with Gasteiger partial charge in [-0.05, 0) is 32.2 Å². The average molecular weight is 254 g/mol. The molecule has 2 aliphatic rings. The predicted octanol–water partition coefficient (Wildman–Crippen LogP) is 2.10. The van der Waals surface area contributed by atoms with E-state index in [-0.39, 0.29) is 6.04 Å². The number of nitrogens with one attached hydrogen (secondary N) is 1. The summed E-state index contributed by atoms with van der Waals surface area (Å²) in [6.07, 6.45) is 0.462. The first kappa shape index (κ1) is 13.1. The lowest BCUT2D eigenvalue weighted by atomic mass is 10.1. The van der Waals surface area contributed by atoms with Crippen LogP contribution in [0.4, 0.5) is 17.6 Å². The number of hydrogen-bond donors (Lipinski definition) is 1. The van der Waals surface area contributed by atoms with Crippen molar-refractivity contribution in [3.8, 4) is 0 Å². The summed E-state index contributed by atoms with van der Waals surface area (Å²) in [6, 6.07) is 0.709. The summed E-state index contributed by atoms with van der Waals surface area (Å²) in [5.41, 5.74) is 0. The van der Waals surface area contributed by atoms with Crippen LogP contribution >= 0.6 is 0 Å². The van der Waals surface area contributed by atoms with E-state index < -0.39 is 18.9 Å². The van der Waals surface area contributed by atoms with Gasteiger partial charge in [0.2, 0.25) is 0 Å². The topological polar surface area (TPSA) is 15.3 Å². The molecule has 1 atom stereocenters. The van der Waals surface area contributed by atoms with Crippen molar-refractivity contribution in [1.82, 2.24) is 10.2 Å². The average Bonchev–Trinajstić information content (AvgIpc) is 3.01. The lowest BCUT2D eigenvalue weighted by molar-refractivity contribution is -0.144. The molecule has 1 unspecified atom stereocenters. The minimum atomic E-state index is -3.89. The molecule has 1 aliphatic carbocycles. The summed E-state index contributed by atoms with van der Waals surface area (Å²) in [6.45, 7) is 0.122. The van der Waals surface area contributed by atoms with E-state index in [1.165, 1.54) is 4.90 Å². The normalized spacial score (nSPS) is 27.7. The third kappa shape index (κ3) is 3.81. The SMILES string of the molecule is FC(F)C(F)(F)CN1CCCC(NC2CC2)C1. The van der Waals surface area contributed by atoms with Gasteiger partial charge in [0.1, 0.15) is 0 Å². The molecule has 6 heteroatoms. The number of nitrogens with zero attached hydrogens (tertiary/aromatic N) is 1. The first-order chi connectivity index (χ1) is 7.97. The summed E-state index contributed by atoms with van der Waals surface area (Å²) >= 11 is 0. The molecule has 1 heterocycles. The van der Waals surface area contributed by atoms with Gasteiger partial charge in [0.15, 0.2) is 0 Å². The molecule has 0 aromatic carbocycles. The maximum absolute atomic E-state index is 12.9. The Morgan fingerprint density at radius 2 is 1.88 bits per heavy atom. The monoisotopic (exact) mass is 254 g/mol. The maximum atomic E-state index is 12.9. The highest BCUT2D eigenvalue weighted by molar-refractivity contribution is 4.89. The summed E-state index contributed by atoms with van der Waals surface area (Å²) in [7, 11) is 0. The number of likely N-dealkylation sites (tertiary alicyclic amines) is 1. The molecule has 0 bridgehead atoms. The van der Waals surface area contributed by atoms with Gasteiger partial charge in [0, 0.05) is 18.6 Å². The second-order valence-electron chi connectivity index (χ2n) is 5.08. The Morgan fingerprint density at radius 3 is 2.47 bits per heavy atom. The Morgan fingerprint density at radius 1 is 1.18 bits per heavy atom. The van der Waals surface area contributed by atoms with Gasteiger partial charge in [-0.1, -0.05) is 0 Å². The fraction of sp³-hybridized carbons (Fsp3) is 1.00. The smallest absolute Gasteiger partial charge is 0.310 e. The van der Waals surface area contributed by atoms with E-state index in [9.17, 15) is 17.6 Å². The zero-order valence-corrected chi connectivity index (χ0v) is 9.64. The molecular formula is C11H18F4N2. The Hall–Kier alpha value is -0.360. The summed E-state index contributed by atoms with van der Waals surface area (Å²) in [5, 5.41) is 3.36. The predicted molar refractivity (Wildman–Crippen MR) is 56.6 cm³/mol. The van der Waals surface area contributed by atoms with Crippen LogP contribution in [0.5, 0.6) is 0 Å². The van der Waals surface area contributed by atoms with Crippen LogP contribution in [0.2, 0.25) is 0 Å². The molecule has 2 fully saturated rings. The van der Waals surface area contributed by atoms with E-state index in [1.54, 1.807) is 0 Å². The second-order valence-corrected chi connectivity index (χ2v) is 5.08. The van der Waals surface area contributed by atoms with E-state index in [1.807, 2.05) is 0 Å². The highest BCUT2D eigenvalue weighted by Gasteiger charge is 2.43. The van der Waals surface area contributed by atoms with Crippen LogP contribution in [0.3, 0.4) is 0 Å². The lowest BCUT2D eigenvalue weighted by Gasteiger charge is -2.35. The molecule has 0 radical (unpaired) electrons. The molecule has 2 nitrogen and oxygen atoms in total. The van der Waals surface area contributed by atoms with Crippen LogP contribution in [-0.4, -0.2) is 49.0 Å². The van der Waals surface area contributed by atoms with E-state index >= 15 is 0 Å². The van der Waals surface area contributed by atoms with Crippen LogP contribution < -0.4 is 5.32 Å². The largest absolute Gasteiger partial charge is 0.319 e. The summed E-state index contributed by atoms with van der Waals surface area (Å²) in [5.74, 6) is -3.89. The standard InChI is InChI=1S/C11H18F4N2/c12-10(13)11(14,15)7-17-5-1-2-9(6-17)16-8-3-4-8/h8-10,16H,1-7H2. The van der Waals surface area contributed by atoms with E-state index in [4.69, 9.17) is 0 Å². The molecule has 2 rings (SSSR count). The number of hydrogen-bond acceptors (Lipinski definition) is 2. The Labute approximate surface area is 98.3 Å². The van der Waals surface area contributed by atoms with Crippen LogP contribution in [0, 0.1) is 0 Å². The molecule has 1 N–H and O–H groups in total. The Bertz CT molecular complexity index is 256. The molecule has 0 amide bonds. The van der Waals surface area contributed by atoms with Crippen molar-refractivity contribution < 1.29 is 17.6 Å². The molecule has 1 saturated carbocycles. The molecule has 1 saturated heterocycles. The molecule has 100 valence electrons. The van der Waals surface area contributed by atoms with Crippen molar-refractivity contribution in [3.05, 3.63) is 0 Å². The van der Waals surface area contributed by atoms with Crippen molar-refractivity contribution >= 4 is 0 Å². The van der Waals surface area contributed by atoms with Gasteiger partial charge < -0.3 is 5.32 Å². The van der Waals surface area contributed by atoms with Gasteiger partial charge >= 0.3 is 12.3 Å². The summed E-state index contributed by atoms with van der Waals surface area (Å²) in [4.78, 5) is 1.45. The number of rotatable bonds is 5. The number of piperidine rings is 1. The third-order valence-corrected chi connectivity index (χ3v) is 3.31. The highest BCUT2D eigenvalue weighted by atomic mass is 19.3. The zero-order valence-electron chi connectivity index (χ0n) is 9.64. The van der Waals surface area contributed by atoms with Crippen molar-refractivity contribution in [2.24, 2.45) is 0 Å². The van der Waals surface area contributed by atoms with Crippen LogP contribution in [0.25, 0.3) is 0 Å². The van der Waals surface area contributed by atoms with Crippen molar-refractivity contribution in [2.45, 2.75) is 50.1 Å². The van der Waals surface area contributed by atoms with Crippen molar-refractivity contribution in [2.75, 3.05) is 19.6 Å². The molecule has 0 aromatic rings. The van der Waals surface area contributed by atoms with Crippen molar-refractivity contribution in [3.63, 3.8) is 0 Å². The Kier molecular flexibility index (Phi) is 3.92. The second kappa shape index (κ2) is 5.10. The van der Waals surface area contributed by atoms with Gasteiger partial charge in [-0.3, -0.25) is 4.90 Å². The molecular weight excluding hydrogens is 236 g/mol. The zero-order chi connectivity index (χ0) is 12.5. The van der Waals surface area contributed by atoms with Crippen LogP contribution in [-0.2, 0) is 0 Å². The lowest BCUT2D eigenvalue weighted by Crippen LogP contribution is -2.51. The minimum Gasteiger partial charge on any atom is -0.310 e. The molecule has 17 heavy (non-hydrogen) atoms. The minimum absolute atomic E-state index is 0.185. The first-order valence-electron chi connectivity index (χ1n) is 6.12. The number of alkyl halides is 4. The summed E-state index contributed by atoms with van der Waals surface area (Å²) < 4.78 is 50.0. The third-order valence-electron chi connectivity index (χ3n) is 3.31. The van der Waals surface area contributed by atoms with E-state index in [0.717, 1.165) is 25.7 Å². The van der Waals surface area contributed by atoms with E-state index in [2.05, 4.69) is 5.32 Å². The van der Waals surface area contributed by atoms with Crippen LogP contribution in [0.15, 0.2) is 0 Å². The first-order valence-corrected chi connectivity index (χ1v) is 6.12. The highest BCUT2D eigenvalue weighted by Crippen LogP contribution is 2.26. The van der Waals surface area contributed by atoms with Gasteiger partial charge in [0.05, 0.1) is 6.54 Å². The fourth-order valence-corrected chi connectivity index (χ4v) is 2.29. The quantitative estimate of drug-likeness (QED) is 0.756.